The van der Waals surface area contributed by atoms with E-state index in [1.165, 1.54) is 18.3 Å². The number of hydrogen-bond donors (Lipinski definition) is 3. The Balaban J connectivity index is 1.31. The van der Waals surface area contributed by atoms with Gasteiger partial charge in [-0.15, -0.1) is 4.91 Å². The third kappa shape index (κ3) is 5.97. The first-order valence-electron chi connectivity index (χ1n) is 11.1. The molecule has 0 bridgehead atoms. The summed E-state index contributed by atoms with van der Waals surface area (Å²) in [5.74, 6) is 0.568. The Bertz CT molecular complexity index is 1560. The van der Waals surface area contributed by atoms with E-state index in [4.69, 9.17) is 16.3 Å². The molecule has 1 aromatic heterocycles. The van der Waals surface area contributed by atoms with Gasteiger partial charge in [0, 0.05) is 47.2 Å². The van der Waals surface area contributed by atoms with Crippen molar-refractivity contribution < 1.29 is 13.2 Å². The number of halogens is 1. The van der Waals surface area contributed by atoms with Gasteiger partial charge in [0.2, 0.25) is 10.0 Å². The van der Waals surface area contributed by atoms with Crippen LogP contribution in [0.2, 0.25) is 5.02 Å². The molecule has 0 spiro atoms. The van der Waals surface area contributed by atoms with Crippen molar-refractivity contribution in [1.82, 2.24) is 15.0 Å². The standard InChI is InChI=1S/C25H23ClN4O5S/c26-18-4-1-3-17(15-18)22-16-19(30-32)7-8-23(22)35-14-13-27-11-12-29-36(33,34)24-6-2-5-21-20(24)9-10-28-25(21)31/h1-10,15-16,27,29H,11-14H2,(H,28,31). The number of sulfonamides is 1. The third-order valence-electron chi connectivity index (χ3n) is 5.40. The van der Waals surface area contributed by atoms with Crippen LogP contribution in [0, 0.1) is 4.91 Å². The molecule has 0 atom stereocenters. The number of aromatic nitrogens is 1. The number of fused-ring (bicyclic) bond motifs is 1. The normalized spacial score (nSPS) is 11.5. The zero-order valence-electron chi connectivity index (χ0n) is 19.0. The largest absolute Gasteiger partial charge is 0.492 e. The van der Waals surface area contributed by atoms with Crippen LogP contribution in [0.25, 0.3) is 21.9 Å². The fraction of sp³-hybridized carbons (Fsp3) is 0.160. The second kappa shape index (κ2) is 11.4. The van der Waals surface area contributed by atoms with Gasteiger partial charge in [0.25, 0.3) is 5.56 Å². The molecule has 0 aliphatic heterocycles. The minimum atomic E-state index is -3.81. The van der Waals surface area contributed by atoms with Gasteiger partial charge in [0.05, 0.1) is 4.90 Å². The topological polar surface area (TPSA) is 130 Å². The summed E-state index contributed by atoms with van der Waals surface area (Å²) in [5.41, 5.74) is 1.41. The Hall–Kier alpha value is -3.57. The Morgan fingerprint density at radius 1 is 0.944 bits per heavy atom. The van der Waals surface area contributed by atoms with Gasteiger partial charge in [-0.1, -0.05) is 29.8 Å². The number of nitrogens with zero attached hydrogens (tertiary/aromatic N) is 1. The van der Waals surface area contributed by atoms with Crippen molar-refractivity contribution in [2.45, 2.75) is 4.90 Å². The second-order valence-corrected chi connectivity index (χ2v) is 9.97. The van der Waals surface area contributed by atoms with E-state index >= 15 is 0 Å². The number of aromatic amines is 1. The fourth-order valence-corrected chi connectivity index (χ4v) is 5.16. The Kier molecular flexibility index (Phi) is 8.11. The maximum atomic E-state index is 12.8. The van der Waals surface area contributed by atoms with Crippen molar-refractivity contribution in [3.63, 3.8) is 0 Å². The lowest BCUT2D eigenvalue weighted by molar-refractivity contribution is 0.316. The van der Waals surface area contributed by atoms with Crippen LogP contribution in [-0.4, -0.2) is 39.6 Å². The number of rotatable bonds is 11. The summed E-state index contributed by atoms with van der Waals surface area (Å²) in [4.78, 5) is 25.5. The van der Waals surface area contributed by atoms with Crippen molar-refractivity contribution in [2.24, 2.45) is 5.18 Å². The van der Waals surface area contributed by atoms with Crippen LogP contribution in [0.3, 0.4) is 0 Å². The fourth-order valence-electron chi connectivity index (χ4n) is 3.72. The van der Waals surface area contributed by atoms with Crippen molar-refractivity contribution in [2.75, 3.05) is 26.2 Å². The molecule has 0 aliphatic rings. The molecule has 1 heterocycles. The maximum absolute atomic E-state index is 12.8. The van der Waals surface area contributed by atoms with E-state index in [9.17, 15) is 18.1 Å². The summed E-state index contributed by atoms with van der Waals surface area (Å²) in [6.07, 6.45) is 1.42. The Morgan fingerprint density at radius 2 is 1.78 bits per heavy atom. The summed E-state index contributed by atoms with van der Waals surface area (Å²) in [6.45, 7) is 1.27. The highest BCUT2D eigenvalue weighted by Gasteiger charge is 2.17. The maximum Gasteiger partial charge on any atom is 0.255 e. The van der Waals surface area contributed by atoms with E-state index < -0.39 is 10.0 Å². The van der Waals surface area contributed by atoms with Crippen molar-refractivity contribution in [1.29, 1.82) is 0 Å². The number of benzene rings is 3. The number of pyridine rings is 1. The van der Waals surface area contributed by atoms with E-state index in [1.807, 2.05) is 6.07 Å². The van der Waals surface area contributed by atoms with Crippen molar-refractivity contribution >= 4 is 38.1 Å². The molecular weight excluding hydrogens is 504 g/mol. The molecule has 0 saturated heterocycles. The first-order valence-corrected chi connectivity index (χ1v) is 12.9. The minimum Gasteiger partial charge on any atom is -0.492 e. The van der Waals surface area contributed by atoms with Crippen LogP contribution in [0.4, 0.5) is 5.69 Å². The van der Waals surface area contributed by atoms with Gasteiger partial charge in [-0.25, -0.2) is 13.1 Å². The van der Waals surface area contributed by atoms with Crippen LogP contribution in [0.15, 0.2) is 87.8 Å². The van der Waals surface area contributed by atoms with Crippen LogP contribution in [0.5, 0.6) is 5.75 Å². The molecule has 4 rings (SSSR count). The first-order chi connectivity index (χ1) is 17.4. The van der Waals surface area contributed by atoms with Crippen LogP contribution < -0.4 is 20.3 Å². The van der Waals surface area contributed by atoms with Gasteiger partial charge >= 0.3 is 0 Å². The summed E-state index contributed by atoms with van der Waals surface area (Å²) >= 11 is 6.10. The summed E-state index contributed by atoms with van der Waals surface area (Å²) in [5, 5.41) is 7.34. The van der Waals surface area contributed by atoms with E-state index in [0.29, 0.717) is 46.8 Å². The van der Waals surface area contributed by atoms with Crippen molar-refractivity contribution in [3.8, 4) is 16.9 Å². The third-order valence-corrected chi connectivity index (χ3v) is 7.15. The number of nitrogens with one attached hydrogen (secondary N) is 3. The molecule has 11 heteroatoms. The van der Waals surface area contributed by atoms with Gasteiger partial charge in [-0.05, 0) is 59.3 Å². The molecule has 0 saturated carbocycles. The second-order valence-electron chi connectivity index (χ2n) is 7.80. The molecule has 0 aliphatic carbocycles. The van der Waals surface area contributed by atoms with Gasteiger partial charge in [0.1, 0.15) is 18.0 Å². The highest BCUT2D eigenvalue weighted by Crippen LogP contribution is 2.34. The van der Waals surface area contributed by atoms with Crippen molar-refractivity contribution in [3.05, 3.63) is 93.2 Å². The van der Waals surface area contributed by atoms with Crippen LogP contribution in [0.1, 0.15) is 0 Å². The number of ether oxygens (including phenoxy) is 1. The zero-order chi connectivity index (χ0) is 25.5. The lowest BCUT2D eigenvalue weighted by Gasteiger charge is -2.13. The SMILES string of the molecule is O=Nc1ccc(OCCNCCNS(=O)(=O)c2cccc3c(=O)[nH]ccc23)c(-c2cccc(Cl)c2)c1. The number of nitroso groups, excluding NO2 is 1. The molecule has 3 aromatic carbocycles. The van der Waals surface area contributed by atoms with Crippen LogP contribution in [-0.2, 0) is 10.0 Å². The van der Waals surface area contributed by atoms with Gasteiger partial charge in [0.15, 0.2) is 0 Å². The Labute approximate surface area is 212 Å². The quantitative estimate of drug-likeness (QED) is 0.198. The summed E-state index contributed by atoms with van der Waals surface area (Å²) in [7, 11) is -3.81. The average Bonchev–Trinajstić information content (AvgIpc) is 2.88. The lowest BCUT2D eigenvalue weighted by Crippen LogP contribution is -2.33. The molecule has 0 radical (unpaired) electrons. The zero-order valence-corrected chi connectivity index (χ0v) is 20.6. The molecule has 0 amide bonds. The van der Waals surface area contributed by atoms with E-state index in [2.05, 4.69) is 20.2 Å². The summed E-state index contributed by atoms with van der Waals surface area (Å²) in [6, 6.07) is 18.2. The van der Waals surface area contributed by atoms with E-state index in [-0.39, 0.29) is 22.7 Å². The number of hydrogen-bond acceptors (Lipinski definition) is 7. The van der Waals surface area contributed by atoms with Gasteiger partial charge < -0.3 is 15.0 Å². The molecule has 4 aromatic rings. The van der Waals surface area contributed by atoms with E-state index in [1.54, 1.807) is 48.5 Å². The highest BCUT2D eigenvalue weighted by atomic mass is 35.5. The molecular formula is C25H23ClN4O5S. The molecule has 0 fully saturated rings. The smallest absolute Gasteiger partial charge is 0.255 e. The Morgan fingerprint density at radius 3 is 2.58 bits per heavy atom. The minimum absolute atomic E-state index is 0.0521. The lowest BCUT2D eigenvalue weighted by atomic mass is 10.0. The molecule has 186 valence electrons. The number of H-pyrrole nitrogens is 1. The molecule has 0 unspecified atom stereocenters. The molecule has 3 N–H and O–H groups in total. The van der Waals surface area contributed by atoms with Gasteiger partial charge in [-0.3, -0.25) is 4.79 Å². The summed E-state index contributed by atoms with van der Waals surface area (Å²) < 4.78 is 34.0. The van der Waals surface area contributed by atoms with Gasteiger partial charge in [-0.2, -0.15) is 0 Å². The predicted molar refractivity (Wildman–Crippen MR) is 140 cm³/mol. The van der Waals surface area contributed by atoms with E-state index in [0.717, 1.165) is 5.56 Å². The molecule has 9 nitrogen and oxygen atoms in total. The van der Waals surface area contributed by atoms with Crippen LogP contribution >= 0.6 is 11.6 Å². The predicted octanol–water partition coefficient (Wildman–Crippen LogP) is 4.19. The molecule has 36 heavy (non-hydrogen) atoms. The monoisotopic (exact) mass is 526 g/mol. The average molecular weight is 527 g/mol. The highest BCUT2D eigenvalue weighted by molar-refractivity contribution is 7.89. The first kappa shape index (κ1) is 25.5.